The van der Waals surface area contributed by atoms with E-state index in [0.717, 1.165) is 14.2 Å². The lowest BCUT2D eigenvalue weighted by Gasteiger charge is -2.13. The average Bonchev–Trinajstić information content (AvgIpc) is 2.89. The fourth-order valence-electron chi connectivity index (χ4n) is 2.14. The van der Waals surface area contributed by atoms with Gasteiger partial charge in [0.2, 0.25) is 0 Å². The number of aromatic nitrogens is 1. The quantitative estimate of drug-likeness (QED) is 0.815. The minimum Gasteiger partial charge on any atom is -0.507 e. The van der Waals surface area contributed by atoms with Crippen LogP contribution < -0.4 is 5.73 Å². The molecule has 2 rings (SSSR count). The average molecular weight is 315 g/mol. The fourth-order valence-corrected chi connectivity index (χ4v) is 2.14. The van der Waals surface area contributed by atoms with Crippen molar-refractivity contribution in [3.8, 4) is 17.5 Å². The second-order valence-corrected chi connectivity index (χ2v) is 4.44. The number of nitrogens with zero attached hydrogens (tertiary/aromatic N) is 2. The Labute approximate surface area is 131 Å². The van der Waals surface area contributed by atoms with Gasteiger partial charge in [0.25, 0.3) is 0 Å². The van der Waals surface area contributed by atoms with Gasteiger partial charge < -0.3 is 24.9 Å². The van der Waals surface area contributed by atoms with Crippen LogP contribution in [0, 0.1) is 11.3 Å². The largest absolute Gasteiger partial charge is 0.507 e. The molecule has 2 aromatic rings. The Bertz CT molecular complexity index is 832. The van der Waals surface area contributed by atoms with E-state index in [4.69, 9.17) is 11.0 Å². The summed E-state index contributed by atoms with van der Waals surface area (Å²) >= 11 is 0. The first-order valence-corrected chi connectivity index (χ1v) is 6.36. The first-order chi connectivity index (χ1) is 11.0. The van der Waals surface area contributed by atoms with Crippen LogP contribution >= 0.6 is 0 Å². The van der Waals surface area contributed by atoms with Crippen molar-refractivity contribution in [2.24, 2.45) is 0 Å². The summed E-state index contributed by atoms with van der Waals surface area (Å²) in [6.07, 6.45) is 1.28. The zero-order valence-corrected chi connectivity index (χ0v) is 12.4. The maximum absolute atomic E-state index is 12.0. The Hall–Kier alpha value is -3.47. The third kappa shape index (κ3) is 2.55. The highest BCUT2D eigenvalue weighted by molar-refractivity contribution is 5.99. The van der Waals surface area contributed by atoms with Crippen molar-refractivity contribution in [3.63, 3.8) is 0 Å². The van der Waals surface area contributed by atoms with Gasteiger partial charge in [-0.1, -0.05) is 6.07 Å². The van der Waals surface area contributed by atoms with Gasteiger partial charge in [-0.2, -0.15) is 5.26 Å². The number of aromatic hydroxyl groups is 1. The van der Waals surface area contributed by atoms with Crippen molar-refractivity contribution in [2.45, 2.75) is 0 Å². The highest BCUT2D eigenvalue weighted by Crippen LogP contribution is 2.30. The molecule has 0 spiro atoms. The van der Waals surface area contributed by atoms with Gasteiger partial charge >= 0.3 is 11.9 Å². The Balaban J connectivity index is 2.83. The van der Waals surface area contributed by atoms with Gasteiger partial charge in [-0.05, 0) is 12.1 Å². The van der Waals surface area contributed by atoms with Crippen LogP contribution in [0.1, 0.15) is 26.4 Å². The van der Waals surface area contributed by atoms with Crippen LogP contribution in [0.3, 0.4) is 0 Å². The molecule has 0 saturated heterocycles. The summed E-state index contributed by atoms with van der Waals surface area (Å²) in [5.41, 5.74) is 5.59. The van der Waals surface area contributed by atoms with E-state index in [1.807, 2.05) is 6.07 Å². The molecule has 8 nitrogen and oxygen atoms in total. The van der Waals surface area contributed by atoms with Crippen LogP contribution in [-0.2, 0) is 9.47 Å². The summed E-state index contributed by atoms with van der Waals surface area (Å²) < 4.78 is 10.5. The van der Waals surface area contributed by atoms with Gasteiger partial charge in [0, 0.05) is 6.20 Å². The highest BCUT2D eigenvalue weighted by atomic mass is 16.5. The van der Waals surface area contributed by atoms with Gasteiger partial charge in [0.15, 0.2) is 5.69 Å². The molecule has 1 heterocycles. The lowest BCUT2D eigenvalue weighted by Crippen LogP contribution is -2.14. The zero-order valence-electron chi connectivity index (χ0n) is 12.4. The van der Waals surface area contributed by atoms with Crippen LogP contribution in [0.25, 0.3) is 5.69 Å². The molecule has 0 aliphatic rings. The van der Waals surface area contributed by atoms with Gasteiger partial charge in [-0.3, -0.25) is 0 Å². The van der Waals surface area contributed by atoms with Crippen molar-refractivity contribution in [1.29, 1.82) is 5.26 Å². The number of nitriles is 1. The van der Waals surface area contributed by atoms with E-state index < -0.39 is 11.9 Å². The summed E-state index contributed by atoms with van der Waals surface area (Å²) in [6.45, 7) is 0. The molecular formula is C15H13N3O5. The van der Waals surface area contributed by atoms with Crippen LogP contribution in [0.4, 0.5) is 5.69 Å². The summed E-state index contributed by atoms with van der Waals surface area (Å²) in [7, 11) is 2.32. The molecule has 1 aromatic carbocycles. The molecule has 0 aliphatic carbocycles. The Morgan fingerprint density at radius 1 is 1.26 bits per heavy atom. The SMILES string of the molecule is COC(=O)c1c(O)cccc1-n1cc(C#N)c(N)c1C(=O)OC. The Morgan fingerprint density at radius 2 is 1.91 bits per heavy atom. The van der Waals surface area contributed by atoms with E-state index in [2.05, 4.69) is 9.47 Å². The smallest absolute Gasteiger partial charge is 0.357 e. The molecule has 0 fully saturated rings. The summed E-state index contributed by atoms with van der Waals surface area (Å²) in [4.78, 5) is 23.9. The second kappa shape index (κ2) is 6.11. The van der Waals surface area contributed by atoms with Crippen molar-refractivity contribution in [3.05, 3.63) is 41.2 Å². The molecule has 3 N–H and O–H groups in total. The molecule has 23 heavy (non-hydrogen) atoms. The number of hydrogen-bond acceptors (Lipinski definition) is 7. The highest BCUT2D eigenvalue weighted by Gasteiger charge is 2.26. The zero-order chi connectivity index (χ0) is 17.1. The van der Waals surface area contributed by atoms with Crippen molar-refractivity contribution in [2.75, 3.05) is 20.0 Å². The number of esters is 2. The van der Waals surface area contributed by atoms with Gasteiger partial charge in [-0.15, -0.1) is 0 Å². The molecule has 0 amide bonds. The number of anilines is 1. The lowest BCUT2D eigenvalue weighted by atomic mass is 10.1. The van der Waals surface area contributed by atoms with E-state index in [0.29, 0.717) is 0 Å². The molecule has 0 saturated carbocycles. The number of benzene rings is 1. The molecule has 0 atom stereocenters. The number of methoxy groups -OCH3 is 2. The molecule has 0 radical (unpaired) electrons. The molecule has 0 bridgehead atoms. The van der Waals surface area contributed by atoms with Crippen LogP contribution in [0.5, 0.6) is 5.75 Å². The normalized spacial score (nSPS) is 9.96. The predicted molar refractivity (Wildman–Crippen MR) is 79.2 cm³/mol. The standard InChI is InChI=1S/C15H13N3O5/c1-22-14(20)11-9(4-3-5-10(11)19)18-7-8(6-16)12(17)13(18)15(21)23-2/h3-5,7,19H,17H2,1-2H3. The lowest BCUT2D eigenvalue weighted by molar-refractivity contribution is 0.0580. The van der Waals surface area contributed by atoms with Crippen LogP contribution in [0.2, 0.25) is 0 Å². The number of carbonyl (C=O) groups excluding carboxylic acids is 2. The van der Waals surface area contributed by atoms with Gasteiger partial charge in [-0.25, -0.2) is 9.59 Å². The van der Waals surface area contributed by atoms with E-state index >= 15 is 0 Å². The molecule has 8 heteroatoms. The van der Waals surface area contributed by atoms with Gasteiger partial charge in [0.05, 0.1) is 31.2 Å². The molecule has 0 aliphatic heterocycles. The van der Waals surface area contributed by atoms with Crippen molar-refractivity contribution in [1.82, 2.24) is 4.57 Å². The topological polar surface area (TPSA) is 128 Å². The predicted octanol–water partition coefficient (Wildman–Crippen LogP) is 1.21. The van der Waals surface area contributed by atoms with Crippen LogP contribution in [0.15, 0.2) is 24.4 Å². The third-order valence-corrected chi connectivity index (χ3v) is 3.21. The maximum Gasteiger partial charge on any atom is 0.357 e. The number of carbonyl (C=O) groups is 2. The van der Waals surface area contributed by atoms with Crippen molar-refractivity contribution >= 4 is 17.6 Å². The number of ether oxygens (including phenoxy) is 2. The Morgan fingerprint density at radius 3 is 2.48 bits per heavy atom. The number of phenols is 1. The summed E-state index contributed by atoms with van der Waals surface area (Å²) in [5, 5.41) is 19.0. The molecule has 0 unspecified atom stereocenters. The van der Waals surface area contributed by atoms with E-state index in [1.165, 1.54) is 29.0 Å². The van der Waals surface area contributed by atoms with E-state index in [9.17, 15) is 14.7 Å². The summed E-state index contributed by atoms with van der Waals surface area (Å²) in [5.74, 6) is -1.93. The number of hydrogen-bond donors (Lipinski definition) is 2. The molecular weight excluding hydrogens is 302 g/mol. The number of nitrogens with two attached hydrogens (primary N) is 1. The van der Waals surface area contributed by atoms with Gasteiger partial charge in [0.1, 0.15) is 17.4 Å². The number of rotatable bonds is 3. The first kappa shape index (κ1) is 15.9. The third-order valence-electron chi connectivity index (χ3n) is 3.21. The van der Waals surface area contributed by atoms with Crippen LogP contribution in [-0.4, -0.2) is 35.8 Å². The van der Waals surface area contributed by atoms with E-state index in [1.54, 1.807) is 0 Å². The molecule has 118 valence electrons. The minimum atomic E-state index is -0.806. The van der Waals surface area contributed by atoms with E-state index in [-0.39, 0.29) is 33.9 Å². The van der Waals surface area contributed by atoms with Crippen molar-refractivity contribution < 1.29 is 24.2 Å². The number of nitrogen functional groups attached to an aromatic ring is 1. The summed E-state index contributed by atoms with van der Waals surface area (Å²) in [6, 6.07) is 6.09. The molecule has 1 aromatic heterocycles. The maximum atomic E-state index is 12.0. The number of phenolic OH excluding ortho intramolecular Hbond substituents is 1. The second-order valence-electron chi connectivity index (χ2n) is 4.44. The fraction of sp³-hybridized carbons (Fsp3) is 0.133. The minimum absolute atomic E-state index is 0.0320. The first-order valence-electron chi connectivity index (χ1n) is 6.36. The Kier molecular flexibility index (Phi) is 4.23. The monoisotopic (exact) mass is 315 g/mol.